The quantitative estimate of drug-likeness (QED) is 0.720. The molecule has 1 aromatic carbocycles. The van der Waals surface area contributed by atoms with Crippen molar-refractivity contribution in [3.8, 4) is 11.5 Å². The number of para-hydroxylation sites is 2. The van der Waals surface area contributed by atoms with Crippen LogP contribution in [0.2, 0.25) is 0 Å². The molecule has 1 unspecified atom stereocenters. The predicted molar refractivity (Wildman–Crippen MR) is 75.1 cm³/mol. The Morgan fingerprint density at radius 1 is 1.28 bits per heavy atom. The first kappa shape index (κ1) is 14.6. The van der Waals surface area contributed by atoms with Gasteiger partial charge in [0.2, 0.25) is 0 Å². The van der Waals surface area contributed by atoms with Crippen molar-refractivity contribution in [2.24, 2.45) is 11.1 Å². The topological polar surface area (TPSA) is 44.5 Å². The summed E-state index contributed by atoms with van der Waals surface area (Å²) in [6, 6.07) is 7.70. The van der Waals surface area contributed by atoms with E-state index in [1.54, 1.807) is 0 Å². The van der Waals surface area contributed by atoms with Crippen molar-refractivity contribution in [1.82, 2.24) is 0 Å². The molecule has 3 heteroatoms. The smallest absolute Gasteiger partial charge is 0.161 e. The van der Waals surface area contributed by atoms with Crippen LogP contribution >= 0.6 is 0 Å². The minimum absolute atomic E-state index is 0.0689. The van der Waals surface area contributed by atoms with Gasteiger partial charge in [0.05, 0.1) is 13.2 Å². The Morgan fingerprint density at radius 2 is 1.89 bits per heavy atom. The van der Waals surface area contributed by atoms with Crippen LogP contribution in [-0.2, 0) is 0 Å². The minimum Gasteiger partial charge on any atom is -0.490 e. The van der Waals surface area contributed by atoms with Gasteiger partial charge in [-0.2, -0.15) is 0 Å². The largest absolute Gasteiger partial charge is 0.490 e. The molecule has 3 nitrogen and oxygen atoms in total. The zero-order valence-electron chi connectivity index (χ0n) is 11.3. The Kier molecular flexibility index (Phi) is 5.72. The highest BCUT2D eigenvalue weighted by Crippen LogP contribution is 2.28. The van der Waals surface area contributed by atoms with Crippen LogP contribution in [0, 0.1) is 5.41 Å². The second-order valence-electron chi connectivity index (χ2n) is 4.54. The van der Waals surface area contributed by atoms with Crippen LogP contribution in [0.15, 0.2) is 36.9 Å². The molecular weight excluding hydrogens is 226 g/mol. The summed E-state index contributed by atoms with van der Waals surface area (Å²) < 4.78 is 11.3. The van der Waals surface area contributed by atoms with E-state index < -0.39 is 0 Å². The van der Waals surface area contributed by atoms with E-state index in [0.717, 1.165) is 17.9 Å². The summed E-state index contributed by atoms with van der Waals surface area (Å²) in [5.74, 6) is 1.57. The molecule has 18 heavy (non-hydrogen) atoms. The number of ether oxygens (including phenoxy) is 2. The molecular formula is C15H23NO2. The van der Waals surface area contributed by atoms with Crippen molar-refractivity contribution in [3.63, 3.8) is 0 Å². The van der Waals surface area contributed by atoms with Crippen molar-refractivity contribution in [2.45, 2.75) is 20.3 Å². The van der Waals surface area contributed by atoms with Gasteiger partial charge in [-0.25, -0.2) is 0 Å². The molecule has 2 N–H and O–H groups in total. The third-order valence-electron chi connectivity index (χ3n) is 3.04. The maximum absolute atomic E-state index is 5.76. The van der Waals surface area contributed by atoms with E-state index in [-0.39, 0.29) is 5.41 Å². The molecule has 0 heterocycles. The fraction of sp³-hybridized carbons (Fsp3) is 0.467. The van der Waals surface area contributed by atoms with Gasteiger partial charge >= 0.3 is 0 Å². The first-order valence-corrected chi connectivity index (χ1v) is 6.33. The van der Waals surface area contributed by atoms with E-state index in [2.05, 4.69) is 13.5 Å². The molecule has 0 aliphatic rings. The Labute approximate surface area is 110 Å². The van der Waals surface area contributed by atoms with E-state index in [1.165, 1.54) is 0 Å². The van der Waals surface area contributed by atoms with Crippen molar-refractivity contribution in [3.05, 3.63) is 36.9 Å². The SMILES string of the molecule is C=CC(C)(CN)CCOc1ccccc1OCC. The van der Waals surface area contributed by atoms with Crippen molar-refractivity contribution >= 4 is 0 Å². The molecule has 0 bridgehead atoms. The predicted octanol–water partition coefficient (Wildman–Crippen LogP) is 3.01. The van der Waals surface area contributed by atoms with Crippen LogP contribution < -0.4 is 15.2 Å². The molecule has 0 radical (unpaired) electrons. The average molecular weight is 249 g/mol. The van der Waals surface area contributed by atoms with Crippen LogP contribution in [0.25, 0.3) is 0 Å². The van der Waals surface area contributed by atoms with Gasteiger partial charge in [0.1, 0.15) is 0 Å². The summed E-state index contributed by atoms with van der Waals surface area (Å²) in [6.45, 7) is 9.67. The molecule has 0 spiro atoms. The molecule has 100 valence electrons. The summed E-state index contributed by atoms with van der Waals surface area (Å²) in [5.41, 5.74) is 5.65. The van der Waals surface area contributed by atoms with Crippen LogP contribution in [-0.4, -0.2) is 19.8 Å². The summed E-state index contributed by atoms with van der Waals surface area (Å²) in [5, 5.41) is 0. The molecule has 0 saturated heterocycles. The standard InChI is InChI=1S/C15H23NO2/c1-4-15(3,12-16)10-11-18-14-9-7-6-8-13(14)17-5-2/h4,6-9H,1,5,10-12,16H2,2-3H3. The Morgan fingerprint density at radius 3 is 2.39 bits per heavy atom. The number of hydrogen-bond donors (Lipinski definition) is 1. The summed E-state index contributed by atoms with van der Waals surface area (Å²) >= 11 is 0. The van der Waals surface area contributed by atoms with Gasteiger partial charge in [0.25, 0.3) is 0 Å². The lowest BCUT2D eigenvalue weighted by atomic mass is 9.88. The second kappa shape index (κ2) is 7.07. The van der Waals surface area contributed by atoms with Crippen LogP contribution in [0.1, 0.15) is 20.3 Å². The summed E-state index contributed by atoms with van der Waals surface area (Å²) in [7, 11) is 0. The van der Waals surface area contributed by atoms with Gasteiger partial charge in [0, 0.05) is 12.0 Å². The van der Waals surface area contributed by atoms with Crippen molar-refractivity contribution < 1.29 is 9.47 Å². The normalized spacial score (nSPS) is 13.7. The van der Waals surface area contributed by atoms with Gasteiger partial charge in [0.15, 0.2) is 11.5 Å². The van der Waals surface area contributed by atoms with E-state index in [9.17, 15) is 0 Å². The van der Waals surface area contributed by atoms with Crippen molar-refractivity contribution in [2.75, 3.05) is 19.8 Å². The lowest BCUT2D eigenvalue weighted by Gasteiger charge is -2.23. The second-order valence-corrected chi connectivity index (χ2v) is 4.54. The molecule has 0 aromatic heterocycles. The molecule has 0 aliphatic carbocycles. The van der Waals surface area contributed by atoms with Gasteiger partial charge < -0.3 is 15.2 Å². The van der Waals surface area contributed by atoms with E-state index in [0.29, 0.717) is 19.8 Å². The monoisotopic (exact) mass is 249 g/mol. The zero-order chi connectivity index (χ0) is 13.4. The molecule has 0 aliphatic heterocycles. The van der Waals surface area contributed by atoms with Crippen LogP contribution in [0.5, 0.6) is 11.5 Å². The summed E-state index contributed by atoms with van der Waals surface area (Å²) in [6.07, 6.45) is 2.73. The molecule has 1 rings (SSSR count). The lowest BCUT2D eigenvalue weighted by molar-refractivity contribution is 0.237. The number of nitrogens with two attached hydrogens (primary N) is 1. The van der Waals surface area contributed by atoms with E-state index >= 15 is 0 Å². The molecule has 0 saturated carbocycles. The molecule has 0 amide bonds. The molecule has 0 fully saturated rings. The third-order valence-corrected chi connectivity index (χ3v) is 3.04. The van der Waals surface area contributed by atoms with Crippen LogP contribution in [0.4, 0.5) is 0 Å². The van der Waals surface area contributed by atoms with E-state index in [1.807, 2.05) is 37.3 Å². The highest BCUT2D eigenvalue weighted by atomic mass is 16.5. The average Bonchev–Trinajstić information content (AvgIpc) is 2.41. The van der Waals surface area contributed by atoms with Gasteiger partial charge in [-0.05, 0) is 25.5 Å². The fourth-order valence-electron chi connectivity index (χ4n) is 1.53. The number of rotatable bonds is 8. The summed E-state index contributed by atoms with van der Waals surface area (Å²) in [4.78, 5) is 0. The van der Waals surface area contributed by atoms with Gasteiger partial charge in [-0.3, -0.25) is 0 Å². The third kappa shape index (κ3) is 4.08. The Hall–Kier alpha value is -1.48. The zero-order valence-corrected chi connectivity index (χ0v) is 11.3. The van der Waals surface area contributed by atoms with Gasteiger partial charge in [-0.1, -0.05) is 25.1 Å². The first-order valence-electron chi connectivity index (χ1n) is 6.33. The van der Waals surface area contributed by atoms with E-state index in [4.69, 9.17) is 15.2 Å². The molecule has 1 aromatic rings. The highest BCUT2D eigenvalue weighted by Gasteiger charge is 2.18. The minimum atomic E-state index is -0.0689. The Balaban J connectivity index is 2.55. The lowest BCUT2D eigenvalue weighted by Crippen LogP contribution is -2.26. The molecule has 1 atom stereocenters. The maximum Gasteiger partial charge on any atom is 0.161 e. The first-order chi connectivity index (χ1) is 8.65. The number of hydrogen-bond acceptors (Lipinski definition) is 3. The maximum atomic E-state index is 5.76. The van der Waals surface area contributed by atoms with Crippen LogP contribution in [0.3, 0.4) is 0 Å². The Bertz CT molecular complexity index is 379. The van der Waals surface area contributed by atoms with Gasteiger partial charge in [-0.15, -0.1) is 6.58 Å². The fourth-order valence-corrected chi connectivity index (χ4v) is 1.53. The highest BCUT2D eigenvalue weighted by molar-refractivity contribution is 5.39. The van der Waals surface area contributed by atoms with Crippen molar-refractivity contribution in [1.29, 1.82) is 0 Å². The number of benzene rings is 1.